The van der Waals surface area contributed by atoms with Crippen molar-refractivity contribution >= 4 is 5.97 Å². The number of ether oxygens (including phenoxy) is 1. The van der Waals surface area contributed by atoms with Crippen molar-refractivity contribution in [2.75, 3.05) is 19.7 Å². The summed E-state index contributed by atoms with van der Waals surface area (Å²) >= 11 is 0. The van der Waals surface area contributed by atoms with Gasteiger partial charge in [-0.25, -0.2) is 4.79 Å². The van der Waals surface area contributed by atoms with Gasteiger partial charge >= 0.3 is 5.97 Å². The molecule has 2 heterocycles. The zero-order valence-electron chi connectivity index (χ0n) is 10.4. The van der Waals surface area contributed by atoms with Crippen LogP contribution >= 0.6 is 0 Å². The lowest BCUT2D eigenvalue weighted by molar-refractivity contribution is 0.0525. The zero-order valence-corrected chi connectivity index (χ0v) is 10.4. The van der Waals surface area contributed by atoms with Crippen LogP contribution in [0, 0.1) is 6.92 Å². The van der Waals surface area contributed by atoms with Gasteiger partial charge in [0.2, 0.25) is 0 Å². The normalized spacial score (nSPS) is 17.1. The highest BCUT2D eigenvalue weighted by atomic mass is 16.5. The third-order valence-electron chi connectivity index (χ3n) is 3.19. The molecule has 0 unspecified atom stereocenters. The van der Waals surface area contributed by atoms with Crippen LogP contribution in [0.4, 0.5) is 0 Å². The van der Waals surface area contributed by atoms with E-state index in [4.69, 9.17) is 4.74 Å². The van der Waals surface area contributed by atoms with Crippen LogP contribution in [0.15, 0.2) is 6.20 Å². The maximum Gasteiger partial charge on any atom is 0.341 e. The summed E-state index contributed by atoms with van der Waals surface area (Å²) in [5.74, 6) is -0.273. The molecule has 0 bridgehead atoms. The van der Waals surface area contributed by atoms with Crippen molar-refractivity contribution in [2.45, 2.75) is 32.7 Å². The van der Waals surface area contributed by atoms with Crippen LogP contribution in [-0.2, 0) is 4.74 Å². The van der Waals surface area contributed by atoms with E-state index in [1.807, 2.05) is 18.5 Å². The molecule has 0 atom stereocenters. The van der Waals surface area contributed by atoms with E-state index >= 15 is 0 Å². The summed E-state index contributed by atoms with van der Waals surface area (Å²) < 4.78 is 6.97. The fourth-order valence-corrected chi connectivity index (χ4v) is 2.25. The molecule has 1 N–H and O–H groups in total. The molecule has 2 rings (SSSR count). The Morgan fingerprint density at radius 3 is 2.94 bits per heavy atom. The minimum Gasteiger partial charge on any atom is -0.462 e. The number of carbonyl (C=O) groups excluding carboxylic acids is 1. The Bertz CT molecular complexity index is 394. The standard InChI is InChI=1S/C12H19N3O2/c1-3-17-12(16)11-8-14-15(9(11)2)10-4-6-13-7-5-10/h8,10,13H,3-7H2,1-2H3. The first-order chi connectivity index (χ1) is 8.24. The van der Waals surface area contributed by atoms with E-state index in [1.165, 1.54) is 0 Å². The molecule has 0 aromatic carbocycles. The lowest BCUT2D eigenvalue weighted by Gasteiger charge is -2.24. The average molecular weight is 237 g/mol. The van der Waals surface area contributed by atoms with E-state index in [0.29, 0.717) is 18.2 Å². The Kier molecular flexibility index (Phi) is 3.78. The number of hydrogen-bond donors (Lipinski definition) is 1. The van der Waals surface area contributed by atoms with E-state index in [9.17, 15) is 4.79 Å². The highest BCUT2D eigenvalue weighted by Gasteiger charge is 2.21. The summed E-state index contributed by atoms with van der Waals surface area (Å²) in [4.78, 5) is 11.7. The smallest absolute Gasteiger partial charge is 0.341 e. The predicted octanol–water partition coefficient (Wildman–Crippen LogP) is 1.29. The highest BCUT2D eigenvalue weighted by Crippen LogP contribution is 2.21. The van der Waals surface area contributed by atoms with Crippen LogP contribution in [-0.4, -0.2) is 35.4 Å². The molecule has 1 saturated heterocycles. The minimum atomic E-state index is -0.273. The second-order valence-electron chi connectivity index (χ2n) is 4.29. The quantitative estimate of drug-likeness (QED) is 0.805. The summed E-state index contributed by atoms with van der Waals surface area (Å²) in [6.07, 6.45) is 3.74. The fraction of sp³-hybridized carbons (Fsp3) is 0.667. The fourth-order valence-electron chi connectivity index (χ4n) is 2.25. The van der Waals surface area contributed by atoms with Crippen LogP contribution in [0.1, 0.15) is 41.9 Å². The van der Waals surface area contributed by atoms with Crippen molar-refractivity contribution in [1.29, 1.82) is 0 Å². The number of piperidine rings is 1. The highest BCUT2D eigenvalue weighted by molar-refractivity contribution is 5.90. The lowest BCUT2D eigenvalue weighted by atomic mass is 10.1. The molecule has 0 amide bonds. The van der Waals surface area contributed by atoms with Crippen molar-refractivity contribution < 1.29 is 9.53 Å². The number of aromatic nitrogens is 2. The molecular formula is C12H19N3O2. The monoisotopic (exact) mass is 237 g/mol. The van der Waals surface area contributed by atoms with Crippen molar-refractivity contribution in [3.05, 3.63) is 17.5 Å². The van der Waals surface area contributed by atoms with Gasteiger partial charge in [0.05, 0.1) is 24.5 Å². The van der Waals surface area contributed by atoms with Crippen molar-refractivity contribution in [3.8, 4) is 0 Å². The number of hydrogen-bond acceptors (Lipinski definition) is 4. The number of nitrogens with zero attached hydrogens (tertiary/aromatic N) is 2. The van der Waals surface area contributed by atoms with E-state index in [0.717, 1.165) is 31.6 Å². The van der Waals surface area contributed by atoms with E-state index in [2.05, 4.69) is 10.4 Å². The third kappa shape index (κ3) is 2.49. The Labute approximate surface area is 101 Å². The molecule has 1 aliphatic heterocycles. The van der Waals surface area contributed by atoms with E-state index in [-0.39, 0.29) is 5.97 Å². The topological polar surface area (TPSA) is 56.1 Å². The van der Waals surface area contributed by atoms with Gasteiger partial charge in [-0.1, -0.05) is 0 Å². The SMILES string of the molecule is CCOC(=O)c1cnn(C2CCNCC2)c1C. The number of carbonyl (C=O) groups is 1. The molecular weight excluding hydrogens is 218 g/mol. The summed E-state index contributed by atoms with van der Waals surface area (Å²) in [6.45, 7) is 6.17. The van der Waals surface area contributed by atoms with Gasteiger partial charge in [-0.05, 0) is 39.8 Å². The van der Waals surface area contributed by atoms with Crippen LogP contribution < -0.4 is 5.32 Å². The van der Waals surface area contributed by atoms with E-state index in [1.54, 1.807) is 6.20 Å². The lowest BCUT2D eigenvalue weighted by Crippen LogP contribution is -2.30. The molecule has 5 heteroatoms. The second kappa shape index (κ2) is 5.31. The van der Waals surface area contributed by atoms with Gasteiger partial charge in [-0.3, -0.25) is 4.68 Å². The van der Waals surface area contributed by atoms with Gasteiger partial charge in [-0.2, -0.15) is 5.10 Å². The molecule has 1 aromatic heterocycles. The first-order valence-corrected chi connectivity index (χ1v) is 6.16. The zero-order chi connectivity index (χ0) is 12.3. The summed E-state index contributed by atoms with van der Waals surface area (Å²) in [5.41, 5.74) is 1.50. The molecule has 0 radical (unpaired) electrons. The van der Waals surface area contributed by atoms with Gasteiger partial charge < -0.3 is 10.1 Å². The summed E-state index contributed by atoms with van der Waals surface area (Å²) in [7, 11) is 0. The number of nitrogens with one attached hydrogen (secondary N) is 1. The maximum atomic E-state index is 11.7. The average Bonchev–Trinajstić information content (AvgIpc) is 2.72. The molecule has 0 spiro atoms. The Morgan fingerprint density at radius 1 is 1.59 bits per heavy atom. The molecule has 94 valence electrons. The molecule has 17 heavy (non-hydrogen) atoms. The summed E-state index contributed by atoms with van der Waals surface area (Å²) in [5, 5.41) is 7.65. The molecule has 1 aromatic rings. The van der Waals surface area contributed by atoms with Gasteiger partial charge in [0.1, 0.15) is 5.56 Å². The molecule has 0 saturated carbocycles. The Morgan fingerprint density at radius 2 is 2.29 bits per heavy atom. The van der Waals surface area contributed by atoms with Crippen molar-refractivity contribution in [3.63, 3.8) is 0 Å². The first-order valence-electron chi connectivity index (χ1n) is 6.16. The maximum absolute atomic E-state index is 11.7. The van der Waals surface area contributed by atoms with Crippen LogP contribution in [0.25, 0.3) is 0 Å². The van der Waals surface area contributed by atoms with Gasteiger partial charge in [-0.15, -0.1) is 0 Å². The van der Waals surface area contributed by atoms with Crippen molar-refractivity contribution in [2.24, 2.45) is 0 Å². The molecule has 1 aliphatic rings. The first kappa shape index (κ1) is 12.1. The van der Waals surface area contributed by atoms with Crippen LogP contribution in [0.5, 0.6) is 0 Å². The predicted molar refractivity (Wildman–Crippen MR) is 64.1 cm³/mol. The Balaban J connectivity index is 2.16. The minimum absolute atomic E-state index is 0.273. The van der Waals surface area contributed by atoms with Crippen LogP contribution in [0.3, 0.4) is 0 Å². The second-order valence-corrected chi connectivity index (χ2v) is 4.29. The van der Waals surface area contributed by atoms with Gasteiger partial charge in [0, 0.05) is 0 Å². The largest absolute Gasteiger partial charge is 0.462 e. The van der Waals surface area contributed by atoms with E-state index < -0.39 is 0 Å². The number of rotatable bonds is 3. The van der Waals surface area contributed by atoms with Crippen LogP contribution in [0.2, 0.25) is 0 Å². The molecule has 1 fully saturated rings. The molecule has 5 nitrogen and oxygen atoms in total. The third-order valence-corrected chi connectivity index (χ3v) is 3.19. The summed E-state index contributed by atoms with van der Waals surface area (Å²) in [6, 6.07) is 0.402. The van der Waals surface area contributed by atoms with Crippen molar-refractivity contribution in [1.82, 2.24) is 15.1 Å². The van der Waals surface area contributed by atoms with Gasteiger partial charge in [0.15, 0.2) is 0 Å². The molecule has 0 aliphatic carbocycles. The van der Waals surface area contributed by atoms with Gasteiger partial charge in [0.25, 0.3) is 0 Å². The number of esters is 1. The Hall–Kier alpha value is -1.36.